The molecule has 0 amide bonds. The molecular weight excluding hydrogens is 340 g/mol. The Balaban J connectivity index is 1.75. The molecule has 0 N–H and O–H groups in total. The minimum Gasteiger partial charge on any atom is -0.497 e. The van der Waals surface area contributed by atoms with Gasteiger partial charge in [0.1, 0.15) is 5.75 Å². The van der Waals surface area contributed by atoms with E-state index in [2.05, 4.69) is 10.2 Å². The number of methoxy groups -OCH3 is 1. The zero-order valence-electron chi connectivity index (χ0n) is 13.7. The SMILES string of the molecule is COc1ccc(-c2nnc(SCc3cccc([N+](=O)[O-])c3)n2C)cc1. The third kappa shape index (κ3) is 3.80. The highest BCUT2D eigenvalue weighted by Crippen LogP contribution is 2.27. The maximum absolute atomic E-state index is 10.9. The summed E-state index contributed by atoms with van der Waals surface area (Å²) in [6.07, 6.45) is 0. The molecule has 0 saturated carbocycles. The van der Waals surface area contributed by atoms with Crippen LogP contribution in [0.15, 0.2) is 53.7 Å². The van der Waals surface area contributed by atoms with Crippen LogP contribution in [0.2, 0.25) is 0 Å². The van der Waals surface area contributed by atoms with Gasteiger partial charge in [0.2, 0.25) is 0 Å². The van der Waals surface area contributed by atoms with Crippen molar-refractivity contribution in [1.82, 2.24) is 14.8 Å². The summed E-state index contributed by atoms with van der Waals surface area (Å²) in [7, 11) is 3.52. The van der Waals surface area contributed by atoms with E-state index in [9.17, 15) is 10.1 Å². The first-order valence-electron chi connectivity index (χ1n) is 7.48. The largest absolute Gasteiger partial charge is 0.497 e. The van der Waals surface area contributed by atoms with E-state index in [1.54, 1.807) is 19.2 Å². The summed E-state index contributed by atoms with van der Waals surface area (Å²) in [6, 6.07) is 14.2. The molecule has 0 aliphatic rings. The molecule has 8 heteroatoms. The van der Waals surface area contributed by atoms with E-state index >= 15 is 0 Å². The van der Waals surface area contributed by atoms with Crippen molar-refractivity contribution in [3.8, 4) is 17.1 Å². The van der Waals surface area contributed by atoms with Crippen LogP contribution in [0.4, 0.5) is 5.69 Å². The number of non-ortho nitro benzene ring substituents is 1. The first-order chi connectivity index (χ1) is 12.1. The second kappa shape index (κ2) is 7.35. The number of rotatable bonds is 6. The van der Waals surface area contributed by atoms with Crippen LogP contribution < -0.4 is 4.74 Å². The fourth-order valence-electron chi connectivity index (χ4n) is 2.34. The standard InChI is InChI=1S/C17H16N4O3S/c1-20-16(13-6-8-15(24-2)9-7-13)18-19-17(20)25-11-12-4-3-5-14(10-12)21(22)23/h3-10H,11H2,1-2H3. The number of ether oxygens (including phenoxy) is 1. The Morgan fingerprint density at radius 3 is 2.64 bits per heavy atom. The van der Waals surface area contributed by atoms with Crippen LogP contribution in [-0.2, 0) is 12.8 Å². The van der Waals surface area contributed by atoms with Gasteiger partial charge in [-0.05, 0) is 29.8 Å². The van der Waals surface area contributed by atoms with Gasteiger partial charge in [-0.15, -0.1) is 10.2 Å². The molecule has 25 heavy (non-hydrogen) atoms. The van der Waals surface area contributed by atoms with Gasteiger partial charge in [-0.2, -0.15) is 0 Å². The number of nitrogens with zero attached hydrogens (tertiary/aromatic N) is 4. The Bertz CT molecular complexity index is 893. The summed E-state index contributed by atoms with van der Waals surface area (Å²) >= 11 is 1.49. The molecule has 0 spiro atoms. The summed E-state index contributed by atoms with van der Waals surface area (Å²) in [5, 5.41) is 20.1. The maximum Gasteiger partial charge on any atom is 0.269 e. The van der Waals surface area contributed by atoms with Gasteiger partial charge >= 0.3 is 0 Å². The molecule has 2 aromatic carbocycles. The molecule has 0 bridgehead atoms. The Hall–Kier alpha value is -2.87. The highest BCUT2D eigenvalue weighted by atomic mass is 32.2. The predicted octanol–water partition coefficient (Wildman–Crippen LogP) is 3.69. The van der Waals surface area contributed by atoms with Crippen LogP contribution in [0, 0.1) is 10.1 Å². The highest BCUT2D eigenvalue weighted by Gasteiger charge is 2.12. The van der Waals surface area contributed by atoms with Gasteiger partial charge in [0.15, 0.2) is 11.0 Å². The molecule has 1 heterocycles. The van der Waals surface area contributed by atoms with E-state index in [0.717, 1.165) is 27.9 Å². The molecule has 0 aliphatic carbocycles. The van der Waals surface area contributed by atoms with Crippen LogP contribution >= 0.6 is 11.8 Å². The summed E-state index contributed by atoms with van der Waals surface area (Å²) in [4.78, 5) is 10.5. The molecule has 0 atom stereocenters. The van der Waals surface area contributed by atoms with E-state index in [1.807, 2.05) is 41.9 Å². The molecule has 3 rings (SSSR count). The molecule has 0 aliphatic heterocycles. The normalized spacial score (nSPS) is 10.6. The minimum absolute atomic E-state index is 0.0926. The Morgan fingerprint density at radius 1 is 1.20 bits per heavy atom. The summed E-state index contributed by atoms with van der Waals surface area (Å²) in [5.74, 6) is 2.12. The lowest BCUT2D eigenvalue weighted by Crippen LogP contribution is -1.95. The molecule has 1 aromatic heterocycles. The van der Waals surface area contributed by atoms with Crippen molar-refractivity contribution in [3.63, 3.8) is 0 Å². The minimum atomic E-state index is -0.391. The van der Waals surface area contributed by atoms with E-state index in [0.29, 0.717) is 5.75 Å². The van der Waals surface area contributed by atoms with E-state index in [4.69, 9.17) is 4.74 Å². The number of hydrogen-bond acceptors (Lipinski definition) is 6. The number of thioether (sulfide) groups is 1. The predicted molar refractivity (Wildman–Crippen MR) is 95.6 cm³/mol. The molecule has 3 aromatic rings. The van der Waals surface area contributed by atoms with Gasteiger partial charge < -0.3 is 9.30 Å². The quantitative estimate of drug-likeness (QED) is 0.380. The molecule has 0 unspecified atom stereocenters. The fraction of sp³-hybridized carbons (Fsp3) is 0.176. The lowest BCUT2D eigenvalue weighted by Gasteiger charge is -2.05. The summed E-state index contributed by atoms with van der Waals surface area (Å²) in [5.41, 5.74) is 1.90. The molecule has 0 saturated heterocycles. The zero-order chi connectivity index (χ0) is 17.8. The first kappa shape index (κ1) is 17.0. The molecule has 0 radical (unpaired) electrons. The second-order valence-corrected chi connectivity index (χ2v) is 6.25. The van der Waals surface area contributed by atoms with Gasteiger partial charge in [0.25, 0.3) is 5.69 Å². The van der Waals surface area contributed by atoms with Crippen molar-refractivity contribution < 1.29 is 9.66 Å². The second-order valence-electron chi connectivity index (χ2n) is 5.31. The third-order valence-corrected chi connectivity index (χ3v) is 4.76. The smallest absolute Gasteiger partial charge is 0.269 e. The lowest BCUT2D eigenvalue weighted by molar-refractivity contribution is -0.384. The van der Waals surface area contributed by atoms with E-state index < -0.39 is 4.92 Å². The lowest BCUT2D eigenvalue weighted by atomic mass is 10.2. The van der Waals surface area contributed by atoms with E-state index in [-0.39, 0.29) is 5.69 Å². The number of nitro groups is 1. The number of nitro benzene ring substituents is 1. The van der Waals surface area contributed by atoms with Crippen LogP contribution in [0.25, 0.3) is 11.4 Å². The van der Waals surface area contributed by atoms with Gasteiger partial charge in [0.05, 0.1) is 12.0 Å². The van der Waals surface area contributed by atoms with Crippen molar-refractivity contribution in [3.05, 3.63) is 64.2 Å². The number of aromatic nitrogens is 3. The van der Waals surface area contributed by atoms with E-state index in [1.165, 1.54) is 17.8 Å². The zero-order valence-corrected chi connectivity index (χ0v) is 14.6. The van der Waals surface area contributed by atoms with Crippen molar-refractivity contribution in [2.45, 2.75) is 10.9 Å². The summed E-state index contributed by atoms with van der Waals surface area (Å²) in [6.45, 7) is 0. The van der Waals surface area contributed by atoms with Crippen molar-refractivity contribution in [1.29, 1.82) is 0 Å². The van der Waals surface area contributed by atoms with Gasteiger partial charge in [-0.25, -0.2) is 0 Å². The Labute approximate surface area is 148 Å². The molecule has 0 fully saturated rings. The Kier molecular flexibility index (Phi) is 4.99. The average Bonchev–Trinajstić information content (AvgIpc) is 3.01. The maximum atomic E-state index is 10.9. The van der Waals surface area contributed by atoms with Crippen molar-refractivity contribution >= 4 is 17.4 Å². The number of benzene rings is 2. The highest BCUT2D eigenvalue weighted by molar-refractivity contribution is 7.98. The third-order valence-electron chi connectivity index (χ3n) is 3.67. The topological polar surface area (TPSA) is 83.1 Å². The molecule has 128 valence electrons. The van der Waals surface area contributed by atoms with Crippen LogP contribution in [0.3, 0.4) is 0 Å². The van der Waals surface area contributed by atoms with Gasteiger partial charge in [-0.1, -0.05) is 23.9 Å². The van der Waals surface area contributed by atoms with Crippen molar-refractivity contribution in [2.75, 3.05) is 7.11 Å². The fourth-order valence-corrected chi connectivity index (χ4v) is 3.19. The van der Waals surface area contributed by atoms with Gasteiger partial charge in [-0.3, -0.25) is 10.1 Å². The first-order valence-corrected chi connectivity index (χ1v) is 8.47. The summed E-state index contributed by atoms with van der Waals surface area (Å²) < 4.78 is 7.07. The molecule has 7 nitrogen and oxygen atoms in total. The van der Waals surface area contributed by atoms with Crippen LogP contribution in [-0.4, -0.2) is 26.8 Å². The van der Waals surface area contributed by atoms with Crippen molar-refractivity contribution in [2.24, 2.45) is 7.05 Å². The van der Waals surface area contributed by atoms with Gasteiger partial charge in [0, 0.05) is 30.5 Å². The number of hydrogen-bond donors (Lipinski definition) is 0. The van der Waals surface area contributed by atoms with Crippen LogP contribution in [0.5, 0.6) is 5.75 Å². The monoisotopic (exact) mass is 356 g/mol. The molecular formula is C17H16N4O3S. The Morgan fingerprint density at radius 2 is 1.96 bits per heavy atom. The van der Waals surface area contributed by atoms with Crippen LogP contribution in [0.1, 0.15) is 5.56 Å². The average molecular weight is 356 g/mol.